The summed E-state index contributed by atoms with van der Waals surface area (Å²) in [6.07, 6.45) is 7.25. The summed E-state index contributed by atoms with van der Waals surface area (Å²) in [6.45, 7) is 0.820. The SMILES string of the molecule is Cn1cnc(S(=O)(=O)N2CCO[C@H](c3cnccn3)C2)c1. The number of aromatic nitrogens is 4. The molecule has 21 heavy (non-hydrogen) atoms. The summed E-state index contributed by atoms with van der Waals surface area (Å²) < 4.78 is 33.6. The second kappa shape index (κ2) is 5.51. The van der Waals surface area contributed by atoms with E-state index in [9.17, 15) is 8.42 Å². The van der Waals surface area contributed by atoms with Gasteiger partial charge in [-0.3, -0.25) is 9.97 Å². The first-order valence-electron chi connectivity index (χ1n) is 6.43. The highest BCUT2D eigenvalue weighted by molar-refractivity contribution is 7.89. The average molecular weight is 309 g/mol. The Kier molecular flexibility index (Phi) is 3.70. The van der Waals surface area contributed by atoms with Gasteiger partial charge < -0.3 is 9.30 Å². The summed E-state index contributed by atoms with van der Waals surface area (Å²) in [5.41, 5.74) is 0.624. The van der Waals surface area contributed by atoms with E-state index >= 15 is 0 Å². The Labute approximate surface area is 122 Å². The van der Waals surface area contributed by atoms with Gasteiger partial charge in [0.25, 0.3) is 10.0 Å². The van der Waals surface area contributed by atoms with Gasteiger partial charge in [-0.15, -0.1) is 0 Å². The topological polar surface area (TPSA) is 90.2 Å². The van der Waals surface area contributed by atoms with Crippen LogP contribution < -0.4 is 0 Å². The molecular formula is C12H15N5O3S. The molecule has 2 aromatic heterocycles. The number of ether oxygens (including phenoxy) is 1. The first kappa shape index (κ1) is 14.1. The maximum Gasteiger partial charge on any atom is 0.262 e. The molecule has 0 aromatic carbocycles. The molecule has 0 saturated carbocycles. The molecule has 2 aromatic rings. The molecular weight excluding hydrogens is 294 g/mol. The van der Waals surface area contributed by atoms with E-state index in [4.69, 9.17) is 4.74 Å². The lowest BCUT2D eigenvalue weighted by atomic mass is 10.2. The minimum absolute atomic E-state index is 0.0461. The van der Waals surface area contributed by atoms with Gasteiger partial charge in [-0.1, -0.05) is 0 Å². The molecule has 0 spiro atoms. The fraction of sp³-hybridized carbons (Fsp3) is 0.417. The van der Waals surface area contributed by atoms with Gasteiger partial charge in [0.15, 0.2) is 5.03 Å². The van der Waals surface area contributed by atoms with Gasteiger partial charge in [0.2, 0.25) is 0 Å². The van der Waals surface area contributed by atoms with Crippen molar-refractivity contribution in [1.82, 2.24) is 23.8 Å². The molecule has 1 fully saturated rings. The number of aryl methyl sites for hydroxylation is 1. The zero-order chi connectivity index (χ0) is 14.9. The lowest BCUT2D eigenvalue weighted by Gasteiger charge is -2.31. The third-order valence-electron chi connectivity index (χ3n) is 3.23. The summed E-state index contributed by atoms with van der Waals surface area (Å²) in [7, 11) is -1.88. The van der Waals surface area contributed by atoms with E-state index in [1.807, 2.05) is 0 Å². The summed E-state index contributed by atoms with van der Waals surface area (Å²) in [5.74, 6) is 0. The van der Waals surface area contributed by atoms with Crippen molar-refractivity contribution in [2.24, 2.45) is 7.05 Å². The Morgan fingerprint density at radius 1 is 1.33 bits per heavy atom. The third kappa shape index (κ3) is 2.80. The number of hydrogen-bond donors (Lipinski definition) is 0. The summed E-state index contributed by atoms with van der Waals surface area (Å²) in [4.78, 5) is 12.1. The van der Waals surface area contributed by atoms with E-state index in [1.54, 1.807) is 30.2 Å². The number of sulfonamides is 1. The van der Waals surface area contributed by atoms with E-state index in [2.05, 4.69) is 15.0 Å². The van der Waals surface area contributed by atoms with Gasteiger partial charge in [0.05, 0.1) is 24.8 Å². The fourth-order valence-electron chi connectivity index (χ4n) is 2.15. The predicted octanol–water partition coefficient (Wildman–Crippen LogP) is -0.0277. The maximum absolute atomic E-state index is 12.5. The van der Waals surface area contributed by atoms with Crippen molar-refractivity contribution < 1.29 is 13.2 Å². The van der Waals surface area contributed by atoms with Crippen LogP contribution in [0.5, 0.6) is 0 Å². The van der Waals surface area contributed by atoms with Crippen LogP contribution in [0.1, 0.15) is 11.8 Å². The Hall–Kier alpha value is -1.84. The van der Waals surface area contributed by atoms with E-state index in [-0.39, 0.29) is 11.6 Å². The van der Waals surface area contributed by atoms with Crippen molar-refractivity contribution in [3.63, 3.8) is 0 Å². The second-order valence-corrected chi connectivity index (χ2v) is 6.61. The zero-order valence-electron chi connectivity index (χ0n) is 11.5. The Morgan fingerprint density at radius 2 is 2.19 bits per heavy atom. The predicted molar refractivity (Wildman–Crippen MR) is 72.7 cm³/mol. The van der Waals surface area contributed by atoms with Gasteiger partial charge in [-0.2, -0.15) is 4.31 Å². The highest BCUT2D eigenvalue weighted by Gasteiger charge is 2.33. The molecule has 0 radical (unpaired) electrons. The van der Waals surface area contributed by atoms with Crippen LogP contribution in [0.15, 0.2) is 36.1 Å². The molecule has 3 rings (SSSR count). The zero-order valence-corrected chi connectivity index (χ0v) is 12.3. The largest absolute Gasteiger partial charge is 0.369 e. The maximum atomic E-state index is 12.5. The van der Waals surface area contributed by atoms with Crippen molar-refractivity contribution in [2.75, 3.05) is 19.7 Å². The summed E-state index contributed by atoms with van der Waals surface area (Å²) >= 11 is 0. The molecule has 9 heteroatoms. The molecule has 1 saturated heterocycles. The Morgan fingerprint density at radius 3 is 2.86 bits per heavy atom. The molecule has 1 atom stereocenters. The van der Waals surface area contributed by atoms with Gasteiger partial charge in [-0.05, 0) is 0 Å². The Bertz CT molecular complexity index is 716. The minimum atomic E-state index is -3.61. The average Bonchev–Trinajstić information content (AvgIpc) is 2.96. The number of imidazole rings is 1. The van der Waals surface area contributed by atoms with Crippen molar-refractivity contribution >= 4 is 10.0 Å². The summed E-state index contributed by atoms with van der Waals surface area (Å²) in [6, 6.07) is 0. The minimum Gasteiger partial charge on any atom is -0.369 e. The van der Waals surface area contributed by atoms with Crippen molar-refractivity contribution in [3.8, 4) is 0 Å². The smallest absolute Gasteiger partial charge is 0.262 e. The molecule has 112 valence electrons. The van der Waals surface area contributed by atoms with Crippen molar-refractivity contribution in [2.45, 2.75) is 11.1 Å². The van der Waals surface area contributed by atoms with E-state index in [0.29, 0.717) is 18.8 Å². The van der Waals surface area contributed by atoms with Crippen LogP contribution in [0, 0.1) is 0 Å². The molecule has 0 amide bonds. The van der Waals surface area contributed by atoms with Crippen LogP contribution in [0.2, 0.25) is 0 Å². The summed E-state index contributed by atoms with van der Waals surface area (Å²) in [5, 5.41) is 0.0461. The van der Waals surface area contributed by atoms with E-state index < -0.39 is 16.1 Å². The van der Waals surface area contributed by atoms with E-state index in [1.165, 1.54) is 16.8 Å². The van der Waals surface area contributed by atoms with Crippen LogP contribution in [-0.2, 0) is 21.8 Å². The molecule has 0 bridgehead atoms. The van der Waals surface area contributed by atoms with Crippen molar-refractivity contribution in [1.29, 1.82) is 0 Å². The molecule has 0 N–H and O–H groups in total. The van der Waals surface area contributed by atoms with Gasteiger partial charge in [0, 0.05) is 38.7 Å². The molecule has 0 aliphatic carbocycles. The highest BCUT2D eigenvalue weighted by atomic mass is 32.2. The number of morpholine rings is 1. The first-order valence-corrected chi connectivity index (χ1v) is 7.87. The van der Waals surface area contributed by atoms with Crippen molar-refractivity contribution in [3.05, 3.63) is 36.8 Å². The normalized spacial score (nSPS) is 20.5. The van der Waals surface area contributed by atoms with Crippen LogP contribution in [0.25, 0.3) is 0 Å². The molecule has 8 nitrogen and oxygen atoms in total. The van der Waals surface area contributed by atoms with Crippen LogP contribution in [0.3, 0.4) is 0 Å². The lowest BCUT2D eigenvalue weighted by molar-refractivity contribution is -0.00520. The number of rotatable bonds is 3. The van der Waals surface area contributed by atoms with Gasteiger partial charge >= 0.3 is 0 Å². The number of nitrogens with zero attached hydrogens (tertiary/aromatic N) is 5. The second-order valence-electron chi connectivity index (χ2n) is 4.73. The van der Waals surface area contributed by atoms with Crippen LogP contribution in [0.4, 0.5) is 0 Å². The molecule has 0 unspecified atom stereocenters. The van der Waals surface area contributed by atoms with Crippen LogP contribution >= 0.6 is 0 Å². The fourth-order valence-corrected chi connectivity index (χ4v) is 3.55. The monoisotopic (exact) mass is 309 g/mol. The number of hydrogen-bond acceptors (Lipinski definition) is 6. The van der Waals surface area contributed by atoms with Gasteiger partial charge in [0.1, 0.15) is 6.10 Å². The van der Waals surface area contributed by atoms with E-state index in [0.717, 1.165) is 0 Å². The lowest BCUT2D eigenvalue weighted by Crippen LogP contribution is -2.42. The quantitative estimate of drug-likeness (QED) is 0.791. The molecule has 1 aliphatic rings. The first-order chi connectivity index (χ1) is 10.1. The molecule has 1 aliphatic heterocycles. The molecule has 3 heterocycles. The highest BCUT2D eigenvalue weighted by Crippen LogP contribution is 2.24. The van der Waals surface area contributed by atoms with Gasteiger partial charge in [-0.25, -0.2) is 13.4 Å². The Balaban J connectivity index is 1.83. The third-order valence-corrected chi connectivity index (χ3v) is 4.98. The van der Waals surface area contributed by atoms with Crippen LogP contribution in [-0.4, -0.2) is 51.9 Å². The standard InChI is InChI=1S/C12H15N5O3S/c1-16-8-12(15-9-16)21(18,19)17-4-5-20-11(7-17)10-6-13-2-3-14-10/h2-3,6,8-9,11H,4-5,7H2,1H3/t11-/m0/s1.